The summed E-state index contributed by atoms with van der Waals surface area (Å²) >= 11 is 0. The third-order valence-corrected chi connectivity index (χ3v) is 5.09. The van der Waals surface area contributed by atoms with Crippen molar-refractivity contribution in [1.82, 2.24) is 4.90 Å². The molecular formula is C19H35N2O3Si. The quantitative estimate of drug-likeness (QED) is 0.675. The zero-order valence-electron chi connectivity index (χ0n) is 16.9. The molecule has 1 rings (SSSR count). The van der Waals surface area contributed by atoms with Gasteiger partial charge in [0.05, 0.1) is 6.54 Å². The highest BCUT2D eigenvalue weighted by molar-refractivity contribution is 6.42. The highest BCUT2D eigenvalue weighted by Gasteiger charge is 2.10. The lowest BCUT2D eigenvalue weighted by Crippen LogP contribution is -2.33. The highest BCUT2D eigenvalue weighted by atomic mass is 28.3. The van der Waals surface area contributed by atoms with Gasteiger partial charge in [0.2, 0.25) is 5.91 Å². The van der Waals surface area contributed by atoms with E-state index in [-0.39, 0.29) is 5.91 Å². The summed E-state index contributed by atoms with van der Waals surface area (Å²) in [6, 6.07) is 6.03. The minimum atomic E-state index is -0.891. The lowest BCUT2D eigenvalue weighted by atomic mass is 10.1. The zero-order valence-corrected chi connectivity index (χ0v) is 17.9. The number of benzene rings is 1. The summed E-state index contributed by atoms with van der Waals surface area (Å²) in [7, 11) is -0.891. The van der Waals surface area contributed by atoms with Gasteiger partial charge in [-0.15, -0.1) is 0 Å². The lowest BCUT2D eigenvalue weighted by Gasteiger charge is -2.18. The Balaban J connectivity index is 0.000000609. The van der Waals surface area contributed by atoms with Crippen molar-refractivity contribution in [2.45, 2.75) is 48.1 Å². The number of nitrogens with zero attached hydrogens (tertiary/aromatic N) is 1. The van der Waals surface area contributed by atoms with Crippen molar-refractivity contribution in [3.05, 3.63) is 29.3 Å². The number of nitrogens with one attached hydrogen (secondary N) is 1. The molecule has 0 heterocycles. The van der Waals surface area contributed by atoms with Crippen LogP contribution in [0.1, 0.15) is 38.8 Å². The number of carbonyl (C=O) groups excluding carboxylic acids is 1. The second-order valence-electron chi connectivity index (χ2n) is 5.63. The Morgan fingerprint density at radius 1 is 1.04 bits per heavy atom. The molecule has 0 saturated carbocycles. The largest absolute Gasteiger partial charge is 0.394 e. The van der Waals surface area contributed by atoms with Gasteiger partial charge in [0.1, 0.15) is 0 Å². The number of aryl methyl sites for hydroxylation is 2. The van der Waals surface area contributed by atoms with Crippen molar-refractivity contribution in [2.24, 2.45) is 0 Å². The second kappa shape index (κ2) is 14.0. The first-order chi connectivity index (χ1) is 11.9. The van der Waals surface area contributed by atoms with Gasteiger partial charge in [-0.1, -0.05) is 32.0 Å². The molecule has 0 spiro atoms. The number of carbonyl (C=O) groups is 1. The van der Waals surface area contributed by atoms with Crippen LogP contribution in [0, 0.1) is 13.8 Å². The third-order valence-electron chi connectivity index (χ3n) is 3.70. The second-order valence-corrected chi connectivity index (χ2v) is 7.19. The van der Waals surface area contributed by atoms with E-state index in [1.165, 1.54) is 0 Å². The number of hydrogen-bond acceptors (Lipinski definition) is 4. The number of anilines is 1. The Morgan fingerprint density at radius 3 is 1.92 bits per heavy atom. The standard InChI is InChI=1S/C14H22N2O.C5H13O2Si/c1-5-16(6-2)10-13(17)15-14-11(3)8-7-9-12(14)4;1-4-6-8(3)7-5-2/h7-9H,5-6,10H2,1-4H3,(H,15,17);4-5H2,1-3H3. The van der Waals surface area contributed by atoms with Gasteiger partial charge in [-0.25, -0.2) is 0 Å². The summed E-state index contributed by atoms with van der Waals surface area (Å²) in [6.45, 7) is 17.9. The van der Waals surface area contributed by atoms with Gasteiger partial charge in [0.15, 0.2) is 0 Å². The Hall–Kier alpha value is -1.21. The van der Waals surface area contributed by atoms with Crippen molar-refractivity contribution in [3.63, 3.8) is 0 Å². The van der Waals surface area contributed by atoms with Crippen LogP contribution in [0.3, 0.4) is 0 Å². The molecule has 0 aliphatic carbocycles. The van der Waals surface area contributed by atoms with Crippen LogP contribution in [0.15, 0.2) is 18.2 Å². The number of amides is 1. The fourth-order valence-corrected chi connectivity index (χ4v) is 3.19. The maximum Gasteiger partial charge on any atom is 0.381 e. The summed E-state index contributed by atoms with van der Waals surface area (Å²) < 4.78 is 10.3. The van der Waals surface area contributed by atoms with E-state index in [0.29, 0.717) is 6.54 Å². The van der Waals surface area contributed by atoms with E-state index in [4.69, 9.17) is 8.85 Å². The Morgan fingerprint density at radius 2 is 1.52 bits per heavy atom. The molecule has 0 fully saturated rings. The molecule has 0 unspecified atom stereocenters. The van der Waals surface area contributed by atoms with Gasteiger partial charge in [0.25, 0.3) is 0 Å². The van der Waals surface area contributed by atoms with Gasteiger partial charge < -0.3 is 14.2 Å². The van der Waals surface area contributed by atoms with Gasteiger partial charge in [-0.2, -0.15) is 0 Å². The van der Waals surface area contributed by atoms with Crippen LogP contribution >= 0.6 is 0 Å². The zero-order chi connectivity index (χ0) is 19.2. The Bertz CT molecular complexity index is 467. The average molecular weight is 368 g/mol. The number of likely N-dealkylation sites (N-methyl/N-ethyl adjacent to an activating group) is 1. The first kappa shape index (κ1) is 23.8. The Labute approximate surface area is 155 Å². The molecule has 0 atom stereocenters. The topological polar surface area (TPSA) is 50.8 Å². The van der Waals surface area contributed by atoms with Crippen molar-refractivity contribution in [3.8, 4) is 0 Å². The van der Waals surface area contributed by atoms with Crippen LogP contribution < -0.4 is 5.32 Å². The van der Waals surface area contributed by atoms with Crippen LogP contribution in [0.25, 0.3) is 0 Å². The Kier molecular flexibility index (Phi) is 13.3. The van der Waals surface area contributed by atoms with E-state index < -0.39 is 9.28 Å². The molecule has 1 N–H and O–H groups in total. The van der Waals surface area contributed by atoms with Crippen molar-refractivity contribution in [1.29, 1.82) is 0 Å². The highest BCUT2D eigenvalue weighted by Crippen LogP contribution is 2.19. The number of hydrogen-bond donors (Lipinski definition) is 1. The molecule has 5 nitrogen and oxygen atoms in total. The van der Waals surface area contributed by atoms with Crippen LogP contribution in [0.2, 0.25) is 6.55 Å². The smallest absolute Gasteiger partial charge is 0.381 e. The minimum absolute atomic E-state index is 0.0612. The summed E-state index contributed by atoms with van der Waals surface area (Å²) in [5.74, 6) is 0.0612. The summed E-state index contributed by atoms with van der Waals surface area (Å²) in [4.78, 5) is 14.0. The number of para-hydroxylation sites is 1. The first-order valence-electron chi connectivity index (χ1n) is 9.06. The predicted molar refractivity (Wildman–Crippen MR) is 107 cm³/mol. The fourth-order valence-electron chi connectivity index (χ4n) is 2.29. The SMILES string of the molecule is CCN(CC)CC(=O)Nc1c(C)cccc1C.CCO[Si](C)OCC. The molecule has 0 aromatic heterocycles. The van der Waals surface area contributed by atoms with Gasteiger partial charge in [0, 0.05) is 18.9 Å². The molecule has 1 aromatic rings. The van der Waals surface area contributed by atoms with E-state index >= 15 is 0 Å². The molecule has 1 amide bonds. The predicted octanol–water partition coefficient (Wildman–Crippen LogP) is 3.76. The maximum absolute atomic E-state index is 11.9. The molecule has 6 heteroatoms. The monoisotopic (exact) mass is 367 g/mol. The molecule has 143 valence electrons. The normalized spacial score (nSPS) is 10.6. The maximum atomic E-state index is 11.9. The minimum Gasteiger partial charge on any atom is -0.394 e. The summed E-state index contributed by atoms with van der Waals surface area (Å²) in [5.41, 5.74) is 3.17. The fraction of sp³-hybridized carbons (Fsp3) is 0.632. The van der Waals surface area contributed by atoms with E-state index in [1.807, 2.05) is 52.4 Å². The lowest BCUT2D eigenvalue weighted by molar-refractivity contribution is -0.117. The van der Waals surface area contributed by atoms with Crippen LogP contribution in [-0.2, 0) is 13.6 Å². The van der Waals surface area contributed by atoms with Crippen LogP contribution in [0.5, 0.6) is 0 Å². The van der Waals surface area contributed by atoms with E-state index in [2.05, 4.69) is 24.1 Å². The molecule has 1 radical (unpaired) electrons. The van der Waals surface area contributed by atoms with Crippen molar-refractivity contribution < 1.29 is 13.6 Å². The van der Waals surface area contributed by atoms with E-state index in [1.54, 1.807) is 0 Å². The molecule has 0 aliphatic rings. The van der Waals surface area contributed by atoms with Crippen LogP contribution in [0.4, 0.5) is 5.69 Å². The van der Waals surface area contributed by atoms with Crippen molar-refractivity contribution in [2.75, 3.05) is 38.2 Å². The molecule has 0 aliphatic heterocycles. The van der Waals surface area contributed by atoms with Crippen molar-refractivity contribution >= 4 is 20.9 Å². The third kappa shape index (κ3) is 10.4. The summed E-state index contributed by atoms with van der Waals surface area (Å²) in [6.07, 6.45) is 0. The number of rotatable bonds is 9. The van der Waals surface area contributed by atoms with E-state index in [0.717, 1.165) is 43.1 Å². The molecular weight excluding hydrogens is 332 g/mol. The molecule has 1 aromatic carbocycles. The van der Waals surface area contributed by atoms with Crippen LogP contribution in [-0.4, -0.2) is 52.9 Å². The molecule has 0 bridgehead atoms. The molecule has 25 heavy (non-hydrogen) atoms. The first-order valence-corrected chi connectivity index (χ1v) is 10.9. The average Bonchev–Trinajstić information content (AvgIpc) is 2.57. The van der Waals surface area contributed by atoms with E-state index in [9.17, 15) is 4.79 Å². The van der Waals surface area contributed by atoms with Gasteiger partial charge >= 0.3 is 9.28 Å². The molecule has 0 saturated heterocycles. The van der Waals surface area contributed by atoms with Gasteiger partial charge in [-0.05, 0) is 58.5 Å². The summed E-state index contributed by atoms with van der Waals surface area (Å²) in [5, 5.41) is 3.00. The van der Waals surface area contributed by atoms with Gasteiger partial charge in [-0.3, -0.25) is 9.69 Å².